The molecular weight excluding hydrogens is 516 g/mol. The molecule has 4 atom stereocenters. The Morgan fingerprint density at radius 2 is 1.81 bits per heavy atom. The summed E-state index contributed by atoms with van der Waals surface area (Å²) < 4.78 is 6.93. The first-order chi connectivity index (χ1) is 14.3. The number of thioether (sulfide) groups is 1. The number of aliphatic hydroxyl groups is 3. The van der Waals surface area contributed by atoms with Crippen LogP contribution < -0.4 is 0 Å². The van der Waals surface area contributed by atoms with Gasteiger partial charge in [-0.3, -0.25) is 19.0 Å². The molecule has 1 aromatic carbocycles. The Kier molecular flexibility index (Phi) is 6.20. The van der Waals surface area contributed by atoms with E-state index in [1.165, 1.54) is 22.4 Å². The van der Waals surface area contributed by atoms with E-state index in [-0.39, 0.29) is 4.73 Å². The molecule has 1 fully saturated rings. The second-order valence-electron chi connectivity index (χ2n) is 7.40. The van der Waals surface area contributed by atoms with E-state index in [4.69, 9.17) is 16.3 Å². The molecule has 0 bridgehead atoms. The molecule has 9 nitrogen and oxygen atoms in total. The van der Waals surface area contributed by atoms with E-state index in [0.717, 1.165) is 25.7 Å². The maximum absolute atomic E-state index is 12.7. The SMILES string of the molecule is CSc1cc2nc(Br)n([C@@H]3OC[C@](O)(C(C)=O)[C@](O)(C(C)=O)[C@]3(O)C(C)=O)c2cc1Cl. The third-order valence-corrected chi connectivity index (χ3v) is 7.50. The Balaban J connectivity index is 2.36. The van der Waals surface area contributed by atoms with Crippen LogP contribution in [0.15, 0.2) is 21.8 Å². The highest BCUT2D eigenvalue weighted by Gasteiger charge is 2.75. The fraction of sp³-hybridized carbons (Fsp3) is 0.474. The average Bonchev–Trinajstić information content (AvgIpc) is 2.99. The predicted molar refractivity (Wildman–Crippen MR) is 116 cm³/mol. The Bertz CT molecular complexity index is 1120. The van der Waals surface area contributed by atoms with Gasteiger partial charge in [-0.2, -0.15) is 0 Å². The number of fused-ring (bicyclic) bond motifs is 1. The lowest BCUT2D eigenvalue weighted by atomic mass is 9.63. The predicted octanol–water partition coefficient (Wildman–Crippen LogP) is 1.66. The standard InChI is InChI=1S/C19H20BrClN2O7S/c1-8(24)17(27)7-30-15(18(28,9(2)25)19(17,29)10(3)26)23-13-5-11(21)14(31-4)6-12(13)22-16(23)20/h5-6,15,27-29H,7H2,1-4H3/t15-,17+,18+,19-/m1/s1. The molecule has 3 rings (SSSR count). The third kappa shape index (κ3) is 3.13. The van der Waals surface area contributed by atoms with Crippen LogP contribution in [-0.4, -0.2) is 71.9 Å². The monoisotopic (exact) mass is 534 g/mol. The number of imidazole rings is 1. The van der Waals surface area contributed by atoms with Crippen LogP contribution in [0.25, 0.3) is 11.0 Å². The molecule has 1 saturated heterocycles. The van der Waals surface area contributed by atoms with Gasteiger partial charge in [0.15, 0.2) is 33.9 Å². The van der Waals surface area contributed by atoms with Crippen LogP contribution in [0, 0.1) is 0 Å². The van der Waals surface area contributed by atoms with Crippen LogP contribution in [0.5, 0.6) is 0 Å². The molecule has 12 heteroatoms. The van der Waals surface area contributed by atoms with Crippen LogP contribution in [0.3, 0.4) is 0 Å². The molecule has 0 radical (unpaired) electrons. The van der Waals surface area contributed by atoms with Crippen molar-refractivity contribution in [1.82, 2.24) is 9.55 Å². The number of benzene rings is 1. The molecule has 31 heavy (non-hydrogen) atoms. The van der Waals surface area contributed by atoms with Crippen LogP contribution in [0.2, 0.25) is 5.02 Å². The molecule has 2 heterocycles. The van der Waals surface area contributed by atoms with E-state index >= 15 is 0 Å². The van der Waals surface area contributed by atoms with Crippen molar-refractivity contribution >= 4 is 67.7 Å². The fourth-order valence-corrected chi connectivity index (χ4v) is 5.41. The summed E-state index contributed by atoms with van der Waals surface area (Å²) in [6, 6.07) is 3.21. The summed E-state index contributed by atoms with van der Waals surface area (Å²) in [6.07, 6.45) is 0.0991. The van der Waals surface area contributed by atoms with E-state index in [2.05, 4.69) is 20.9 Å². The van der Waals surface area contributed by atoms with E-state index in [1.807, 2.05) is 6.26 Å². The molecule has 2 aromatic rings. The summed E-state index contributed by atoms with van der Waals surface area (Å²) in [5.41, 5.74) is -8.35. The highest BCUT2D eigenvalue weighted by molar-refractivity contribution is 9.10. The van der Waals surface area contributed by atoms with Gasteiger partial charge in [-0.05, 0) is 55.1 Å². The van der Waals surface area contributed by atoms with Crippen molar-refractivity contribution in [3.05, 3.63) is 21.9 Å². The Morgan fingerprint density at radius 1 is 1.19 bits per heavy atom. The normalized spacial score (nSPS) is 31.1. The van der Waals surface area contributed by atoms with Gasteiger partial charge in [0.1, 0.15) is 0 Å². The second-order valence-corrected chi connectivity index (χ2v) is 9.36. The molecule has 0 amide bonds. The van der Waals surface area contributed by atoms with Gasteiger partial charge in [-0.1, -0.05) is 11.6 Å². The number of halogens is 2. The number of rotatable bonds is 5. The van der Waals surface area contributed by atoms with Gasteiger partial charge < -0.3 is 20.1 Å². The van der Waals surface area contributed by atoms with Crippen molar-refractivity contribution in [2.24, 2.45) is 0 Å². The molecule has 1 aliphatic rings. The number of ether oxygens (including phenoxy) is 1. The minimum Gasteiger partial charge on any atom is -0.376 e. The van der Waals surface area contributed by atoms with Crippen LogP contribution >= 0.6 is 39.3 Å². The van der Waals surface area contributed by atoms with Gasteiger partial charge in [0.25, 0.3) is 0 Å². The second kappa shape index (κ2) is 7.91. The van der Waals surface area contributed by atoms with Crippen molar-refractivity contribution in [3.63, 3.8) is 0 Å². The number of hydrogen-bond acceptors (Lipinski definition) is 9. The van der Waals surface area contributed by atoms with Gasteiger partial charge in [0.05, 0.1) is 22.7 Å². The lowest BCUT2D eigenvalue weighted by Gasteiger charge is -2.55. The number of ketones is 3. The van der Waals surface area contributed by atoms with Crippen molar-refractivity contribution in [3.8, 4) is 0 Å². The van der Waals surface area contributed by atoms with E-state index in [1.54, 1.807) is 6.07 Å². The Hall–Kier alpha value is -1.34. The molecule has 0 saturated carbocycles. The largest absolute Gasteiger partial charge is 0.376 e. The van der Waals surface area contributed by atoms with Gasteiger partial charge in [-0.15, -0.1) is 11.8 Å². The number of carbonyl (C=O) groups is 3. The summed E-state index contributed by atoms with van der Waals surface area (Å²) in [7, 11) is 0. The van der Waals surface area contributed by atoms with Crippen molar-refractivity contribution < 1.29 is 34.4 Å². The minimum absolute atomic E-state index is 0.0978. The maximum atomic E-state index is 12.7. The van der Waals surface area contributed by atoms with Crippen molar-refractivity contribution in [2.45, 2.75) is 48.7 Å². The fourth-order valence-electron chi connectivity index (χ4n) is 3.97. The highest BCUT2D eigenvalue weighted by atomic mass is 79.9. The molecule has 3 N–H and O–H groups in total. The van der Waals surface area contributed by atoms with Crippen molar-refractivity contribution in [1.29, 1.82) is 0 Å². The first-order valence-corrected chi connectivity index (χ1v) is 11.4. The van der Waals surface area contributed by atoms with E-state index in [0.29, 0.717) is 16.1 Å². The molecule has 168 valence electrons. The Morgan fingerprint density at radius 3 is 2.29 bits per heavy atom. The molecular formula is C19H20BrClN2O7S. The quantitative estimate of drug-likeness (QED) is 0.488. The first-order valence-electron chi connectivity index (χ1n) is 9.00. The number of Topliss-reactive ketones (excluding diaryl/α,β-unsaturated/α-hetero) is 3. The summed E-state index contributed by atoms with van der Waals surface area (Å²) in [4.78, 5) is 42.6. The highest BCUT2D eigenvalue weighted by Crippen LogP contribution is 2.49. The first kappa shape index (κ1) is 24.3. The summed E-state index contributed by atoms with van der Waals surface area (Å²) >= 11 is 11.0. The zero-order chi connectivity index (χ0) is 23.5. The minimum atomic E-state index is -3.19. The van der Waals surface area contributed by atoms with Crippen LogP contribution in [-0.2, 0) is 19.1 Å². The smallest absolute Gasteiger partial charge is 0.207 e. The summed E-state index contributed by atoms with van der Waals surface area (Å²) in [6.45, 7) is 1.85. The van der Waals surface area contributed by atoms with E-state index < -0.39 is 47.0 Å². The van der Waals surface area contributed by atoms with Crippen molar-refractivity contribution in [2.75, 3.05) is 12.9 Å². The van der Waals surface area contributed by atoms with Gasteiger partial charge >= 0.3 is 0 Å². The number of carbonyl (C=O) groups excluding carboxylic acids is 3. The van der Waals surface area contributed by atoms with E-state index in [9.17, 15) is 29.7 Å². The molecule has 0 unspecified atom stereocenters. The zero-order valence-electron chi connectivity index (χ0n) is 17.0. The lowest BCUT2D eigenvalue weighted by molar-refractivity contribution is -0.310. The summed E-state index contributed by atoms with van der Waals surface area (Å²) in [5, 5.41) is 34.2. The lowest BCUT2D eigenvalue weighted by Crippen LogP contribution is -2.82. The van der Waals surface area contributed by atoms with Crippen LogP contribution in [0.1, 0.15) is 27.0 Å². The van der Waals surface area contributed by atoms with Gasteiger partial charge in [-0.25, -0.2) is 4.98 Å². The third-order valence-electron chi connectivity index (χ3n) is 5.74. The molecule has 1 aliphatic heterocycles. The number of aromatic nitrogens is 2. The molecule has 1 aromatic heterocycles. The topological polar surface area (TPSA) is 139 Å². The molecule has 0 aliphatic carbocycles. The molecule has 0 spiro atoms. The number of nitrogens with zero attached hydrogens (tertiary/aromatic N) is 2. The maximum Gasteiger partial charge on any atom is 0.207 e. The zero-order valence-corrected chi connectivity index (χ0v) is 20.1. The van der Waals surface area contributed by atoms with Crippen LogP contribution in [0.4, 0.5) is 0 Å². The van der Waals surface area contributed by atoms with Gasteiger partial charge in [0.2, 0.25) is 11.2 Å². The van der Waals surface area contributed by atoms with Gasteiger partial charge in [0, 0.05) is 4.90 Å². The Labute approximate surface area is 194 Å². The summed E-state index contributed by atoms with van der Waals surface area (Å²) in [5.74, 6) is -3.33. The number of hydrogen-bond donors (Lipinski definition) is 3. The average molecular weight is 536 g/mol.